The van der Waals surface area contributed by atoms with Crippen molar-refractivity contribution in [2.75, 3.05) is 6.54 Å². The highest BCUT2D eigenvalue weighted by Crippen LogP contribution is 2.30. The predicted octanol–water partition coefficient (Wildman–Crippen LogP) is 3.81. The van der Waals surface area contributed by atoms with Crippen molar-refractivity contribution in [1.82, 2.24) is 14.9 Å². The molecule has 1 atom stereocenters. The molecule has 1 N–H and O–H groups in total. The number of hydrogen-bond donors (Lipinski definition) is 1. The summed E-state index contributed by atoms with van der Waals surface area (Å²) in [4.78, 5) is 1.27. The summed E-state index contributed by atoms with van der Waals surface area (Å²) < 4.78 is 4.17. The van der Waals surface area contributed by atoms with E-state index in [1.807, 2.05) is 0 Å². The summed E-state index contributed by atoms with van der Waals surface area (Å²) in [7, 11) is 0. The lowest BCUT2D eigenvalue weighted by Crippen LogP contribution is -2.23. The van der Waals surface area contributed by atoms with Crippen molar-refractivity contribution < 1.29 is 0 Å². The Kier molecular flexibility index (Phi) is 5.26. The van der Waals surface area contributed by atoms with E-state index < -0.39 is 0 Å². The van der Waals surface area contributed by atoms with E-state index in [-0.39, 0.29) is 6.04 Å². The van der Waals surface area contributed by atoms with Crippen LogP contribution in [0.2, 0.25) is 0 Å². The van der Waals surface area contributed by atoms with Crippen LogP contribution in [0.1, 0.15) is 53.6 Å². The van der Waals surface area contributed by atoms with Crippen LogP contribution >= 0.6 is 11.5 Å². The molecule has 0 bridgehead atoms. The lowest BCUT2D eigenvalue weighted by molar-refractivity contribution is 0.627. The van der Waals surface area contributed by atoms with Gasteiger partial charge in [0.2, 0.25) is 0 Å². The first kappa shape index (κ1) is 15.1. The van der Waals surface area contributed by atoms with Gasteiger partial charge in [-0.2, -0.15) is 0 Å². The minimum Gasteiger partial charge on any atom is -0.306 e. The number of aromatic nitrogens is 2. The predicted molar refractivity (Wildman–Crippen MR) is 85.3 cm³/mol. The Morgan fingerprint density at radius 2 is 2.05 bits per heavy atom. The number of rotatable bonds is 6. The maximum absolute atomic E-state index is 4.32. The minimum atomic E-state index is 0.210. The second-order valence-corrected chi connectivity index (χ2v) is 5.97. The van der Waals surface area contributed by atoms with Crippen molar-refractivity contribution in [1.29, 1.82) is 0 Å². The van der Waals surface area contributed by atoms with Gasteiger partial charge in [0.05, 0.1) is 16.6 Å². The van der Waals surface area contributed by atoms with Crippen molar-refractivity contribution in [3.05, 3.63) is 45.5 Å². The van der Waals surface area contributed by atoms with Gasteiger partial charge in [-0.1, -0.05) is 48.5 Å². The van der Waals surface area contributed by atoms with Crippen molar-refractivity contribution in [2.24, 2.45) is 0 Å². The first-order valence-electron chi connectivity index (χ1n) is 7.29. The fourth-order valence-electron chi connectivity index (χ4n) is 2.46. The third-order valence-electron chi connectivity index (χ3n) is 3.49. The summed E-state index contributed by atoms with van der Waals surface area (Å²) in [5.41, 5.74) is 5.10. The first-order chi connectivity index (χ1) is 9.67. The van der Waals surface area contributed by atoms with Gasteiger partial charge in [-0.15, -0.1) is 5.10 Å². The van der Waals surface area contributed by atoms with Gasteiger partial charge in [0.25, 0.3) is 0 Å². The summed E-state index contributed by atoms with van der Waals surface area (Å²) in [6, 6.07) is 6.85. The van der Waals surface area contributed by atoms with Crippen LogP contribution in [0, 0.1) is 13.8 Å². The highest BCUT2D eigenvalue weighted by atomic mass is 32.1. The molecule has 0 spiro atoms. The molecular formula is C16H23N3S. The third kappa shape index (κ3) is 3.25. The zero-order valence-corrected chi connectivity index (χ0v) is 13.5. The Labute approximate surface area is 125 Å². The molecule has 1 heterocycles. The molecule has 4 heteroatoms. The normalized spacial score (nSPS) is 12.6. The molecule has 0 radical (unpaired) electrons. The summed E-state index contributed by atoms with van der Waals surface area (Å²) >= 11 is 1.52. The maximum Gasteiger partial charge on any atom is 0.0807 e. The van der Waals surface area contributed by atoms with Gasteiger partial charge in [-0.25, -0.2) is 0 Å². The van der Waals surface area contributed by atoms with E-state index in [0.717, 1.165) is 25.1 Å². The summed E-state index contributed by atoms with van der Waals surface area (Å²) in [5, 5.41) is 7.91. The molecule has 0 aliphatic heterocycles. The van der Waals surface area contributed by atoms with Crippen molar-refractivity contribution in [3.8, 4) is 0 Å². The summed E-state index contributed by atoms with van der Waals surface area (Å²) in [6.07, 6.45) is 2.10. The third-order valence-corrected chi connectivity index (χ3v) is 4.32. The summed E-state index contributed by atoms with van der Waals surface area (Å²) in [5.74, 6) is 0. The smallest absolute Gasteiger partial charge is 0.0807 e. The quantitative estimate of drug-likeness (QED) is 0.879. The van der Waals surface area contributed by atoms with Gasteiger partial charge in [-0.05, 0) is 49.5 Å². The molecule has 0 fully saturated rings. The molecule has 1 aromatic heterocycles. The van der Waals surface area contributed by atoms with Crippen LogP contribution in [0.3, 0.4) is 0 Å². The zero-order valence-electron chi connectivity index (χ0n) is 12.7. The maximum atomic E-state index is 4.32. The largest absolute Gasteiger partial charge is 0.306 e. The van der Waals surface area contributed by atoms with Gasteiger partial charge in [0, 0.05) is 0 Å². The Hall–Kier alpha value is -1.26. The van der Waals surface area contributed by atoms with E-state index in [4.69, 9.17) is 0 Å². The Bertz CT molecular complexity index is 563. The van der Waals surface area contributed by atoms with E-state index in [0.29, 0.717) is 0 Å². The van der Waals surface area contributed by atoms with Gasteiger partial charge in [0.15, 0.2) is 0 Å². The number of benzene rings is 1. The van der Waals surface area contributed by atoms with Crippen molar-refractivity contribution in [2.45, 2.75) is 46.6 Å². The molecule has 108 valence electrons. The minimum absolute atomic E-state index is 0.210. The van der Waals surface area contributed by atoms with Crippen molar-refractivity contribution >= 4 is 11.5 Å². The van der Waals surface area contributed by atoms with Gasteiger partial charge >= 0.3 is 0 Å². The Morgan fingerprint density at radius 1 is 1.25 bits per heavy atom. The van der Waals surface area contributed by atoms with Crippen LogP contribution < -0.4 is 5.32 Å². The molecule has 0 saturated carbocycles. The number of hydrogen-bond acceptors (Lipinski definition) is 4. The standard InChI is InChI=1S/C16H23N3S/c1-5-7-14-16(20-19-18-14)15(17-6-2)13-10-11(3)8-9-12(13)4/h8-10,15,17H,5-7H2,1-4H3. The first-order valence-corrected chi connectivity index (χ1v) is 8.06. The average Bonchev–Trinajstić information content (AvgIpc) is 2.88. The van der Waals surface area contributed by atoms with E-state index in [1.165, 1.54) is 33.1 Å². The van der Waals surface area contributed by atoms with Gasteiger partial charge < -0.3 is 5.32 Å². The van der Waals surface area contributed by atoms with Crippen LogP contribution in [0.15, 0.2) is 18.2 Å². The molecule has 0 aliphatic carbocycles. The second kappa shape index (κ2) is 6.95. The van der Waals surface area contributed by atoms with E-state index >= 15 is 0 Å². The number of aryl methyl sites for hydroxylation is 3. The van der Waals surface area contributed by atoms with Gasteiger partial charge in [-0.3, -0.25) is 0 Å². The summed E-state index contributed by atoms with van der Waals surface area (Å²) in [6.45, 7) is 9.58. The lowest BCUT2D eigenvalue weighted by Gasteiger charge is -2.20. The molecule has 2 aromatic rings. The highest BCUT2D eigenvalue weighted by Gasteiger charge is 2.21. The van der Waals surface area contributed by atoms with Crippen LogP contribution in [-0.4, -0.2) is 16.1 Å². The number of nitrogens with one attached hydrogen (secondary N) is 1. The van der Waals surface area contributed by atoms with Crippen LogP contribution in [0.4, 0.5) is 0 Å². The molecule has 2 rings (SSSR count). The molecular weight excluding hydrogens is 266 g/mol. The SMILES string of the molecule is CCCc1nnsc1C(NCC)c1cc(C)ccc1C. The van der Waals surface area contributed by atoms with E-state index in [9.17, 15) is 0 Å². The Morgan fingerprint density at radius 3 is 2.75 bits per heavy atom. The fraction of sp³-hybridized carbons (Fsp3) is 0.500. The van der Waals surface area contributed by atoms with E-state index in [1.54, 1.807) is 0 Å². The molecule has 3 nitrogen and oxygen atoms in total. The van der Waals surface area contributed by atoms with Gasteiger partial charge in [0.1, 0.15) is 0 Å². The Balaban J connectivity index is 2.44. The topological polar surface area (TPSA) is 37.8 Å². The molecule has 0 saturated heterocycles. The van der Waals surface area contributed by atoms with E-state index in [2.05, 4.69) is 60.8 Å². The monoisotopic (exact) mass is 289 g/mol. The van der Waals surface area contributed by atoms with Crippen LogP contribution in [0.25, 0.3) is 0 Å². The fourth-order valence-corrected chi connectivity index (χ4v) is 3.26. The highest BCUT2D eigenvalue weighted by molar-refractivity contribution is 7.05. The average molecular weight is 289 g/mol. The molecule has 20 heavy (non-hydrogen) atoms. The second-order valence-electron chi connectivity index (χ2n) is 5.18. The molecule has 0 amide bonds. The number of nitrogens with zero attached hydrogens (tertiary/aromatic N) is 2. The molecule has 1 unspecified atom stereocenters. The zero-order chi connectivity index (χ0) is 14.5. The van der Waals surface area contributed by atoms with Crippen LogP contribution in [0.5, 0.6) is 0 Å². The van der Waals surface area contributed by atoms with Crippen LogP contribution in [-0.2, 0) is 6.42 Å². The van der Waals surface area contributed by atoms with Crippen molar-refractivity contribution in [3.63, 3.8) is 0 Å². The lowest BCUT2D eigenvalue weighted by atomic mass is 9.96. The molecule has 1 aromatic carbocycles. The molecule has 0 aliphatic rings.